The van der Waals surface area contributed by atoms with Gasteiger partial charge in [-0.3, -0.25) is 4.68 Å². The molecule has 3 aromatic rings. The van der Waals surface area contributed by atoms with Gasteiger partial charge in [-0.15, -0.1) is 5.10 Å². The van der Waals surface area contributed by atoms with Crippen LogP contribution in [0, 0.1) is 0 Å². The summed E-state index contributed by atoms with van der Waals surface area (Å²) in [5.74, 6) is 0. The summed E-state index contributed by atoms with van der Waals surface area (Å²) >= 11 is 0. The Labute approximate surface area is 112 Å². The molecule has 1 heterocycles. The van der Waals surface area contributed by atoms with Crippen LogP contribution in [0.1, 0.15) is 6.92 Å². The van der Waals surface area contributed by atoms with Crippen LogP contribution in [0.5, 0.6) is 0 Å². The van der Waals surface area contributed by atoms with Gasteiger partial charge in [-0.25, -0.2) is 0 Å². The molecule has 3 heteroatoms. The minimum Gasteiger partial charge on any atom is -0.252 e. The number of aryl methyl sites for hydroxylation is 1. The van der Waals surface area contributed by atoms with Gasteiger partial charge in [-0.1, -0.05) is 59.8 Å². The van der Waals surface area contributed by atoms with Crippen molar-refractivity contribution < 1.29 is 0 Å². The molecule has 0 unspecified atom stereocenters. The summed E-state index contributed by atoms with van der Waals surface area (Å²) in [5.41, 5.74) is 4.46. The van der Waals surface area contributed by atoms with E-state index in [0.717, 1.165) is 17.8 Å². The number of aromatic nitrogens is 3. The molecule has 3 rings (SSSR count). The highest BCUT2D eigenvalue weighted by atomic mass is 15.4. The van der Waals surface area contributed by atoms with E-state index in [1.54, 1.807) is 0 Å². The van der Waals surface area contributed by atoms with Crippen molar-refractivity contribution >= 4 is 0 Å². The van der Waals surface area contributed by atoms with Gasteiger partial charge in [-0.05, 0) is 18.1 Å². The molecule has 0 aliphatic rings. The van der Waals surface area contributed by atoms with Crippen molar-refractivity contribution in [2.75, 3.05) is 0 Å². The summed E-state index contributed by atoms with van der Waals surface area (Å²) < 4.78 is 1.83. The zero-order valence-corrected chi connectivity index (χ0v) is 10.8. The summed E-state index contributed by atoms with van der Waals surface area (Å²) in [6.45, 7) is 2.89. The van der Waals surface area contributed by atoms with Crippen molar-refractivity contribution in [2.45, 2.75) is 13.5 Å². The molecule has 2 aromatic carbocycles. The first-order chi connectivity index (χ1) is 9.36. The molecular formula is C16H15N3. The zero-order chi connectivity index (χ0) is 13.1. The van der Waals surface area contributed by atoms with Crippen molar-refractivity contribution in [3.63, 3.8) is 0 Å². The standard InChI is InChI=1S/C16H15N3/c1-2-19-12-16(17-18-19)15-10-8-14(9-11-15)13-6-4-3-5-7-13/h3-12H,2H2,1H3. The molecule has 0 bridgehead atoms. The third kappa shape index (κ3) is 2.40. The summed E-state index contributed by atoms with van der Waals surface area (Å²) in [4.78, 5) is 0. The van der Waals surface area contributed by atoms with E-state index in [1.165, 1.54) is 11.1 Å². The maximum Gasteiger partial charge on any atom is 0.113 e. The molecule has 19 heavy (non-hydrogen) atoms. The Balaban J connectivity index is 1.90. The molecule has 0 amide bonds. The normalized spacial score (nSPS) is 10.6. The average molecular weight is 249 g/mol. The van der Waals surface area contributed by atoms with E-state index in [0.29, 0.717) is 0 Å². The fraction of sp³-hybridized carbons (Fsp3) is 0.125. The molecule has 3 nitrogen and oxygen atoms in total. The second kappa shape index (κ2) is 5.06. The second-order valence-corrected chi connectivity index (χ2v) is 4.40. The van der Waals surface area contributed by atoms with Gasteiger partial charge in [0.2, 0.25) is 0 Å². The third-order valence-corrected chi connectivity index (χ3v) is 3.15. The SMILES string of the molecule is CCn1cc(-c2ccc(-c3ccccc3)cc2)nn1. The smallest absolute Gasteiger partial charge is 0.113 e. The van der Waals surface area contributed by atoms with Crippen LogP contribution in [0.25, 0.3) is 22.4 Å². The van der Waals surface area contributed by atoms with Crippen LogP contribution in [-0.2, 0) is 6.54 Å². The van der Waals surface area contributed by atoms with Crippen LogP contribution in [0.15, 0.2) is 60.8 Å². The molecule has 0 saturated carbocycles. The summed E-state index contributed by atoms with van der Waals surface area (Å²) in [5, 5.41) is 8.23. The molecule has 0 N–H and O–H groups in total. The van der Waals surface area contributed by atoms with E-state index in [1.807, 2.05) is 16.9 Å². The Hall–Kier alpha value is -2.42. The fourth-order valence-electron chi connectivity index (χ4n) is 2.05. The van der Waals surface area contributed by atoms with Crippen LogP contribution in [0.2, 0.25) is 0 Å². The Bertz CT molecular complexity index is 654. The zero-order valence-electron chi connectivity index (χ0n) is 10.8. The van der Waals surface area contributed by atoms with Gasteiger partial charge < -0.3 is 0 Å². The van der Waals surface area contributed by atoms with Crippen molar-refractivity contribution in [3.8, 4) is 22.4 Å². The first-order valence-corrected chi connectivity index (χ1v) is 6.43. The number of benzene rings is 2. The van der Waals surface area contributed by atoms with Gasteiger partial charge in [0.05, 0.1) is 6.20 Å². The Morgan fingerprint density at radius 1 is 0.842 bits per heavy atom. The largest absolute Gasteiger partial charge is 0.252 e. The maximum absolute atomic E-state index is 4.17. The topological polar surface area (TPSA) is 30.7 Å². The summed E-state index contributed by atoms with van der Waals surface area (Å²) in [6, 6.07) is 18.8. The Kier molecular flexibility index (Phi) is 3.11. The summed E-state index contributed by atoms with van der Waals surface area (Å²) in [6.07, 6.45) is 1.97. The van der Waals surface area contributed by atoms with Crippen LogP contribution in [0.4, 0.5) is 0 Å². The molecule has 1 aromatic heterocycles. The molecule has 0 saturated heterocycles. The monoisotopic (exact) mass is 249 g/mol. The lowest BCUT2D eigenvalue weighted by molar-refractivity contribution is 0.627. The lowest BCUT2D eigenvalue weighted by atomic mass is 10.0. The van der Waals surface area contributed by atoms with E-state index >= 15 is 0 Å². The van der Waals surface area contributed by atoms with Gasteiger partial charge in [0.25, 0.3) is 0 Å². The van der Waals surface area contributed by atoms with Gasteiger partial charge in [0, 0.05) is 12.1 Å². The van der Waals surface area contributed by atoms with Crippen LogP contribution < -0.4 is 0 Å². The van der Waals surface area contributed by atoms with Gasteiger partial charge in [0.15, 0.2) is 0 Å². The fourth-order valence-corrected chi connectivity index (χ4v) is 2.05. The highest BCUT2D eigenvalue weighted by Gasteiger charge is 2.03. The molecule has 0 fully saturated rings. The molecule has 0 atom stereocenters. The molecule has 0 spiro atoms. The van der Waals surface area contributed by atoms with Crippen LogP contribution in [-0.4, -0.2) is 15.0 Å². The van der Waals surface area contributed by atoms with E-state index in [9.17, 15) is 0 Å². The van der Waals surface area contributed by atoms with E-state index in [2.05, 4.69) is 65.8 Å². The number of hydrogen-bond donors (Lipinski definition) is 0. The quantitative estimate of drug-likeness (QED) is 0.709. The van der Waals surface area contributed by atoms with Crippen LogP contribution >= 0.6 is 0 Å². The second-order valence-electron chi connectivity index (χ2n) is 4.40. The third-order valence-electron chi connectivity index (χ3n) is 3.15. The highest BCUT2D eigenvalue weighted by Crippen LogP contribution is 2.23. The predicted octanol–water partition coefficient (Wildman–Crippen LogP) is 3.63. The van der Waals surface area contributed by atoms with Gasteiger partial charge in [-0.2, -0.15) is 0 Å². The molecule has 0 aliphatic carbocycles. The van der Waals surface area contributed by atoms with E-state index in [-0.39, 0.29) is 0 Å². The van der Waals surface area contributed by atoms with Crippen molar-refractivity contribution in [3.05, 3.63) is 60.8 Å². The minimum absolute atomic E-state index is 0.842. The lowest BCUT2D eigenvalue weighted by Crippen LogP contribution is -1.93. The van der Waals surface area contributed by atoms with Crippen LogP contribution in [0.3, 0.4) is 0 Å². The molecular weight excluding hydrogens is 234 g/mol. The van der Waals surface area contributed by atoms with Crippen molar-refractivity contribution in [1.29, 1.82) is 0 Å². The molecule has 0 radical (unpaired) electrons. The average Bonchev–Trinajstić information content (AvgIpc) is 2.97. The Morgan fingerprint density at radius 2 is 1.47 bits per heavy atom. The number of hydrogen-bond acceptors (Lipinski definition) is 2. The van der Waals surface area contributed by atoms with Gasteiger partial charge >= 0.3 is 0 Å². The van der Waals surface area contributed by atoms with Crippen molar-refractivity contribution in [1.82, 2.24) is 15.0 Å². The Morgan fingerprint density at radius 3 is 2.11 bits per heavy atom. The van der Waals surface area contributed by atoms with E-state index in [4.69, 9.17) is 0 Å². The number of nitrogens with zero attached hydrogens (tertiary/aromatic N) is 3. The van der Waals surface area contributed by atoms with Gasteiger partial charge in [0.1, 0.15) is 5.69 Å². The minimum atomic E-state index is 0.842. The predicted molar refractivity (Wildman–Crippen MR) is 76.6 cm³/mol. The summed E-state index contributed by atoms with van der Waals surface area (Å²) in [7, 11) is 0. The van der Waals surface area contributed by atoms with Crippen molar-refractivity contribution in [2.24, 2.45) is 0 Å². The lowest BCUT2D eigenvalue weighted by Gasteiger charge is -2.02. The highest BCUT2D eigenvalue weighted by molar-refractivity contribution is 5.68. The first-order valence-electron chi connectivity index (χ1n) is 6.43. The molecule has 94 valence electrons. The maximum atomic E-state index is 4.17. The molecule has 0 aliphatic heterocycles. The van der Waals surface area contributed by atoms with E-state index < -0.39 is 0 Å². The number of rotatable bonds is 3. The first kappa shape index (κ1) is 11.7.